The lowest BCUT2D eigenvalue weighted by atomic mass is 9.84. The second kappa shape index (κ2) is 7.63. The fourth-order valence-electron chi connectivity index (χ4n) is 2.51. The van der Waals surface area contributed by atoms with E-state index in [0.29, 0.717) is 0 Å². The third kappa shape index (κ3) is 3.35. The lowest BCUT2D eigenvalue weighted by Gasteiger charge is -2.40. The SMILES string of the molecule is CCNC(c1cscc1Br)C(CC)(CC)OCC. The number of hydrogen-bond donors (Lipinski definition) is 1. The van der Waals surface area contributed by atoms with E-state index in [1.807, 2.05) is 0 Å². The molecule has 4 heteroatoms. The molecule has 0 saturated heterocycles. The number of likely N-dealkylation sites (N-methyl/N-ethyl adjacent to an activating group) is 1. The highest BCUT2D eigenvalue weighted by molar-refractivity contribution is 9.10. The van der Waals surface area contributed by atoms with Gasteiger partial charge in [-0.2, -0.15) is 11.3 Å². The third-order valence-electron chi connectivity index (χ3n) is 3.52. The van der Waals surface area contributed by atoms with Crippen LogP contribution >= 0.6 is 27.3 Å². The predicted molar refractivity (Wildman–Crippen MR) is 83.4 cm³/mol. The largest absolute Gasteiger partial charge is 0.373 e. The smallest absolute Gasteiger partial charge is 0.0871 e. The van der Waals surface area contributed by atoms with Crippen molar-refractivity contribution in [3.8, 4) is 0 Å². The van der Waals surface area contributed by atoms with Crippen molar-refractivity contribution in [2.75, 3.05) is 13.2 Å². The van der Waals surface area contributed by atoms with Crippen LogP contribution in [0.1, 0.15) is 52.1 Å². The Morgan fingerprint density at radius 3 is 2.33 bits per heavy atom. The maximum atomic E-state index is 6.14. The molecule has 1 aromatic rings. The quantitative estimate of drug-likeness (QED) is 0.740. The summed E-state index contributed by atoms with van der Waals surface area (Å²) in [5.74, 6) is 0. The van der Waals surface area contributed by atoms with Crippen LogP contribution in [0, 0.1) is 0 Å². The summed E-state index contributed by atoms with van der Waals surface area (Å²) in [5, 5.41) is 7.96. The molecule has 0 bridgehead atoms. The standard InChI is InChI=1S/C14H24BrNOS/c1-5-14(6-2,17-8-4)13(16-7-3)11-9-18-10-12(11)15/h9-10,13,16H,5-8H2,1-4H3. The monoisotopic (exact) mass is 333 g/mol. The van der Waals surface area contributed by atoms with Gasteiger partial charge in [-0.25, -0.2) is 0 Å². The number of hydrogen-bond acceptors (Lipinski definition) is 3. The Balaban J connectivity index is 3.12. The van der Waals surface area contributed by atoms with E-state index in [4.69, 9.17) is 4.74 Å². The first-order valence-electron chi connectivity index (χ1n) is 6.74. The zero-order valence-corrected chi connectivity index (χ0v) is 14.2. The summed E-state index contributed by atoms with van der Waals surface area (Å²) in [6, 6.07) is 0.248. The molecule has 104 valence electrons. The highest BCUT2D eigenvalue weighted by Gasteiger charge is 2.38. The maximum Gasteiger partial charge on any atom is 0.0871 e. The molecule has 0 fully saturated rings. The first kappa shape index (κ1) is 16.2. The number of ether oxygens (including phenoxy) is 1. The molecular weight excluding hydrogens is 310 g/mol. The summed E-state index contributed by atoms with van der Waals surface area (Å²) in [7, 11) is 0. The van der Waals surface area contributed by atoms with Crippen molar-refractivity contribution >= 4 is 27.3 Å². The first-order chi connectivity index (χ1) is 8.65. The van der Waals surface area contributed by atoms with E-state index in [0.717, 1.165) is 26.0 Å². The molecule has 1 rings (SSSR count). The Labute approximate surface area is 123 Å². The summed E-state index contributed by atoms with van der Waals surface area (Å²) >= 11 is 5.39. The molecule has 0 amide bonds. The van der Waals surface area contributed by atoms with Crippen LogP contribution in [0.5, 0.6) is 0 Å². The van der Waals surface area contributed by atoms with Gasteiger partial charge in [0.15, 0.2) is 0 Å². The van der Waals surface area contributed by atoms with Gasteiger partial charge in [0.25, 0.3) is 0 Å². The van der Waals surface area contributed by atoms with E-state index in [9.17, 15) is 0 Å². The van der Waals surface area contributed by atoms with Gasteiger partial charge in [0.1, 0.15) is 0 Å². The van der Waals surface area contributed by atoms with Crippen LogP contribution in [0.3, 0.4) is 0 Å². The molecule has 1 heterocycles. The summed E-state index contributed by atoms with van der Waals surface area (Å²) < 4.78 is 7.33. The van der Waals surface area contributed by atoms with Crippen LogP contribution in [-0.2, 0) is 4.74 Å². The van der Waals surface area contributed by atoms with E-state index in [2.05, 4.69) is 59.7 Å². The molecule has 1 aromatic heterocycles. The Bertz CT molecular complexity index is 349. The number of halogens is 1. The molecule has 0 saturated carbocycles. The zero-order chi connectivity index (χ0) is 13.6. The minimum Gasteiger partial charge on any atom is -0.373 e. The van der Waals surface area contributed by atoms with Crippen LogP contribution < -0.4 is 5.32 Å². The van der Waals surface area contributed by atoms with Crippen molar-refractivity contribution in [1.82, 2.24) is 5.32 Å². The Morgan fingerprint density at radius 2 is 1.94 bits per heavy atom. The lowest BCUT2D eigenvalue weighted by molar-refractivity contribution is -0.0730. The summed E-state index contributed by atoms with van der Waals surface area (Å²) in [6.45, 7) is 10.3. The Kier molecular flexibility index (Phi) is 6.85. The first-order valence-corrected chi connectivity index (χ1v) is 8.47. The molecule has 0 radical (unpaired) electrons. The van der Waals surface area contributed by atoms with Gasteiger partial charge in [0, 0.05) is 16.5 Å². The third-order valence-corrected chi connectivity index (χ3v) is 5.27. The van der Waals surface area contributed by atoms with Crippen molar-refractivity contribution in [1.29, 1.82) is 0 Å². The molecule has 0 aliphatic carbocycles. The minimum absolute atomic E-state index is 0.117. The van der Waals surface area contributed by atoms with Gasteiger partial charge in [-0.3, -0.25) is 0 Å². The van der Waals surface area contributed by atoms with Gasteiger partial charge in [-0.05, 0) is 53.2 Å². The summed E-state index contributed by atoms with van der Waals surface area (Å²) in [5.41, 5.74) is 1.20. The second-order valence-corrected chi connectivity index (χ2v) is 5.97. The fourth-order valence-corrected chi connectivity index (χ4v) is 4.07. The molecule has 0 aliphatic heterocycles. The molecule has 0 spiro atoms. The van der Waals surface area contributed by atoms with Gasteiger partial charge in [0.2, 0.25) is 0 Å². The number of rotatable bonds is 8. The van der Waals surface area contributed by atoms with Crippen LogP contribution in [0.25, 0.3) is 0 Å². The van der Waals surface area contributed by atoms with E-state index < -0.39 is 0 Å². The minimum atomic E-state index is -0.117. The van der Waals surface area contributed by atoms with Gasteiger partial charge < -0.3 is 10.1 Å². The van der Waals surface area contributed by atoms with E-state index in [-0.39, 0.29) is 11.6 Å². The summed E-state index contributed by atoms with van der Waals surface area (Å²) in [4.78, 5) is 0. The van der Waals surface area contributed by atoms with Crippen molar-refractivity contribution in [3.05, 3.63) is 20.8 Å². The van der Waals surface area contributed by atoms with Gasteiger partial charge in [0.05, 0.1) is 11.6 Å². The number of nitrogens with one attached hydrogen (secondary N) is 1. The van der Waals surface area contributed by atoms with Crippen molar-refractivity contribution in [3.63, 3.8) is 0 Å². The van der Waals surface area contributed by atoms with Crippen molar-refractivity contribution in [2.45, 2.75) is 52.2 Å². The van der Waals surface area contributed by atoms with Crippen molar-refractivity contribution < 1.29 is 4.74 Å². The van der Waals surface area contributed by atoms with Gasteiger partial charge in [-0.1, -0.05) is 20.8 Å². The average molecular weight is 334 g/mol. The molecular formula is C14H24BrNOS. The van der Waals surface area contributed by atoms with Crippen LogP contribution in [0.4, 0.5) is 0 Å². The molecule has 0 aromatic carbocycles. The van der Waals surface area contributed by atoms with Gasteiger partial charge in [-0.15, -0.1) is 0 Å². The Hall–Kier alpha value is 0.1000. The zero-order valence-electron chi connectivity index (χ0n) is 11.8. The van der Waals surface area contributed by atoms with Gasteiger partial charge >= 0.3 is 0 Å². The van der Waals surface area contributed by atoms with E-state index in [1.165, 1.54) is 10.0 Å². The lowest BCUT2D eigenvalue weighted by Crippen LogP contribution is -2.45. The van der Waals surface area contributed by atoms with Crippen LogP contribution in [0.2, 0.25) is 0 Å². The summed E-state index contributed by atoms with van der Waals surface area (Å²) in [6.07, 6.45) is 2.02. The highest BCUT2D eigenvalue weighted by atomic mass is 79.9. The Morgan fingerprint density at radius 1 is 1.28 bits per heavy atom. The fraction of sp³-hybridized carbons (Fsp3) is 0.714. The maximum absolute atomic E-state index is 6.14. The normalized spacial score (nSPS) is 13.8. The molecule has 1 atom stereocenters. The number of thiophene rings is 1. The molecule has 2 nitrogen and oxygen atoms in total. The molecule has 1 N–H and O–H groups in total. The van der Waals surface area contributed by atoms with Crippen molar-refractivity contribution in [2.24, 2.45) is 0 Å². The van der Waals surface area contributed by atoms with E-state index in [1.54, 1.807) is 11.3 Å². The molecule has 18 heavy (non-hydrogen) atoms. The molecule has 0 aliphatic rings. The van der Waals surface area contributed by atoms with E-state index >= 15 is 0 Å². The predicted octanol–water partition coefficient (Wildman–Crippen LogP) is 4.76. The topological polar surface area (TPSA) is 21.3 Å². The van der Waals surface area contributed by atoms with Crippen LogP contribution in [0.15, 0.2) is 15.2 Å². The molecule has 1 unspecified atom stereocenters. The highest BCUT2D eigenvalue weighted by Crippen LogP contribution is 2.39. The second-order valence-electron chi connectivity index (χ2n) is 4.37. The van der Waals surface area contributed by atoms with Crippen LogP contribution in [-0.4, -0.2) is 18.8 Å². The average Bonchev–Trinajstić information content (AvgIpc) is 2.80.